The van der Waals surface area contributed by atoms with E-state index in [1.807, 2.05) is 30.3 Å². The summed E-state index contributed by atoms with van der Waals surface area (Å²) in [6.07, 6.45) is 3.24. The zero-order valence-corrected chi connectivity index (χ0v) is 13.9. The summed E-state index contributed by atoms with van der Waals surface area (Å²) in [5.74, 6) is 0. The van der Waals surface area contributed by atoms with Crippen molar-refractivity contribution < 1.29 is 4.79 Å². The quantitative estimate of drug-likeness (QED) is 0.741. The molecule has 5 nitrogen and oxygen atoms in total. The molecule has 0 radical (unpaired) electrons. The van der Waals surface area contributed by atoms with Crippen LogP contribution in [0.2, 0.25) is 10.0 Å². The highest BCUT2D eigenvalue weighted by atomic mass is 35.5. The standard InChI is InChI=1S/C17H12Cl2N4O/c18-14-7-4-8-15(16(14)19)22-17(24)21-12-9-10-23(20-11-12)13-5-2-1-3-6-13/h1-11H,(H,22,24). The van der Waals surface area contributed by atoms with Crippen LogP contribution in [0.1, 0.15) is 0 Å². The van der Waals surface area contributed by atoms with Crippen molar-refractivity contribution in [2.24, 2.45) is 4.99 Å². The monoisotopic (exact) mass is 358 g/mol. The Morgan fingerprint density at radius 1 is 1.04 bits per heavy atom. The van der Waals surface area contributed by atoms with E-state index in [0.717, 1.165) is 5.69 Å². The summed E-state index contributed by atoms with van der Waals surface area (Å²) in [4.78, 5) is 15.9. The van der Waals surface area contributed by atoms with E-state index in [4.69, 9.17) is 23.2 Å². The molecule has 3 rings (SSSR count). The van der Waals surface area contributed by atoms with Gasteiger partial charge in [0, 0.05) is 6.20 Å². The molecule has 2 aromatic carbocycles. The normalized spacial score (nSPS) is 11.3. The summed E-state index contributed by atoms with van der Waals surface area (Å²) in [5, 5.41) is 7.89. The van der Waals surface area contributed by atoms with Gasteiger partial charge in [-0.15, -0.1) is 0 Å². The molecular weight excluding hydrogens is 347 g/mol. The highest BCUT2D eigenvalue weighted by Crippen LogP contribution is 2.29. The lowest BCUT2D eigenvalue weighted by atomic mass is 10.3. The van der Waals surface area contributed by atoms with E-state index in [9.17, 15) is 4.79 Å². The minimum atomic E-state index is -0.557. The number of nitrogens with zero attached hydrogens (tertiary/aromatic N) is 3. The Balaban J connectivity index is 1.79. The summed E-state index contributed by atoms with van der Waals surface area (Å²) in [6, 6.07) is 15.7. The third-order valence-corrected chi connectivity index (χ3v) is 3.96. The molecule has 1 heterocycles. The number of para-hydroxylation sites is 1. The minimum absolute atomic E-state index is 0.274. The SMILES string of the molecule is O=C(N=c1ccn(-c2ccccc2)nc1)Nc1cccc(Cl)c1Cl. The summed E-state index contributed by atoms with van der Waals surface area (Å²) >= 11 is 11.9. The molecule has 0 atom stereocenters. The number of benzene rings is 2. The molecule has 2 amide bonds. The highest BCUT2D eigenvalue weighted by molar-refractivity contribution is 6.43. The first kappa shape index (κ1) is 16.2. The van der Waals surface area contributed by atoms with Crippen molar-refractivity contribution in [1.82, 2.24) is 9.78 Å². The predicted molar refractivity (Wildman–Crippen MR) is 94.6 cm³/mol. The summed E-state index contributed by atoms with van der Waals surface area (Å²) < 4.78 is 1.69. The smallest absolute Gasteiger partial charge is 0.305 e. The lowest BCUT2D eigenvalue weighted by Gasteiger charge is -2.05. The van der Waals surface area contributed by atoms with E-state index in [0.29, 0.717) is 16.1 Å². The maximum atomic E-state index is 12.0. The zero-order valence-electron chi connectivity index (χ0n) is 12.4. The van der Waals surface area contributed by atoms with Crippen molar-refractivity contribution in [3.63, 3.8) is 0 Å². The van der Waals surface area contributed by atoms with E-state index in [1.165, 1.54) is 6.20 Å². The van der Waals surface area contributed by atoms with Gasteiger partial charge in [0.1, 0.15) is 0 Å². The summed E-state index contributed by atoms with van der Waals surface area (Å²) in [7, 11) is 0. The first-order valence-corrected chi connectivity index (χ1v) is 7.79. The number of carbonyl (C=O) groups excluding carboxylic acids is 1. The maximum absolute atomic E-state index is 12.0. The number of anilines is 1. The van der Waals surface area contributed by atoms with Gasteiger partial charge in [-0.3, -0.25) is 0 Å². The number of carbonyl (C=O) groups is 1. The second-order valence-electron chi connectivity index (χ2n) is 4.81. The van der Waals surface area contributed by atoms with Crippen LogP contribution in [-0.4, -0.2) is 15.8 Å². The largest absolute Gasteiger partial charge is 0.346 e. The van der Waals surface area contributed by atoms with Crippen molar-refractivity contribution >= 4 is 34.9 Å². The molecule has 0 aliphatic rings. The van der Waals surface area contributed by atoms with E-state index >= 15 is 0 Å². The molecule has 3 aromatic rings. The Morgan fingerprint density at radius 3 is 2.54 bits per heavy atom. The molecule has 1 N–H and O–H groups in total. The Bertz CT molecular complexity index is 918. The van der Waals surface area contributed by atoms with Crippen LogP contribution >= 0.6 is 23.2 Å². The molecule has 120 valence electrons. The molecule has 0 fully saturated rings. The molecule has 0 aliphatic heterocycles. The average Bonchev–Trinajstić information content (AvgIpc) is 2.60. The Kier molecular flexibility index (Phi) is 4.93. The van der Waals surface area contributed by atoms with Crippen LogP contribution in [0.15, 0.2) is 72.0 Å². The first-order valence-electron chi connectivity index (χ1n) is 7.03. The second-order valence-corrected chi connectivity index (χ2v) is 5.59. The van der Waals surface area contributed by atoms with E-state index in [2.05, 4.69) is 15.4 Å². The van der Waals surface area contributed by atoms with Crippen molar-refractivity contribution in [3.05, 3.63) is 82.4 Å². The van der Waals surface area contributed by atoms with E-state index < -0.39 is 6.03 Å². The third-order valence-electron chi connectivity index (χ3n) is 3.15. The van der Waals surface area contributed by atoms with Crippen LogP contribution in [0.25, 0.3) is 5.69 Å². The number of halogens is 2. The van der Waals surface area contributed by atoms with Crippen LogP contribution in [0.4, 0.5) is 10.5 Å². The van der Waals surface area contributed by atoms with E-state index in [-0.39, 0.29) is 5.02 Å². The molecular formula is C17H12Cl2N4O. The topological polar surface area (TPSA) is 59.3 Å². The fourth-order valence-corrected chi connectivity index (χ4v) is 2.36. The van der Waals surface area contributed by atoms with Gasteiger partial charge >= 0.3 is 6.03 Å². The van der Waals surface area contributed by atoms with Gasteiger partial charge in [-0.1, -0.05) is 47.5 Å². The summed E-state index contributed by atoms with van der Waals surface area (Å²) in [6.45, 7) is 0. The molecule has 0 aliphatic carbocycles. The van der Waals surface area contributed by atoms with Gasteiger partial charge in [-0.05, 0) is 30.3 Å². The summed E-state index contributed by atoms with van der Waals surface area (Å²) in [5.41, 5.74) is 1.32. The maximum Gasteiger partial charge on any atom is 0.346 e. The van der Waals surface area contributed by atoms with Crippen molar-refractivity contribution in [2.75, 3.05) is 5.32 Å². The molecule has 0 bridgehead atoms. The van der Waals surface area contributed by atoms with Gasteiger partial charge < -0.3 is 5.32 Å². The first-order chi connectivity index (χ1) is 11.6. The average molecular weight is 359 g/mol. The van der Waals surface area contributed by atoms with Crippen LogP contribution in [-0.2, 0) is 0 Å². The van der Waals surface area contributed by atoms with Crippen molar-refractivity contribution in [2.45, 2.75) is 0 Å². The Morgan fingerprint density at radius 2 is 1.83 bits per heavy atom. The number of aromatic nitrogens is 2. The molecule has 1 aromatic heterocycles. The fraction of sp³-hybridized carbons (Fsp3) is 0. The lowest BCUT2D eigenvalue weighted by molar-refractivity contribution is 0.259. The third kappa shape index (κ3) is 3.82. The Hall–Kier alpha value is -2.63. The lowest BCUT2D eigenvalue weighted by Crippen LogP contribution is -2.14. The number of amides is 2. The zero-order chi connectivity index (χ0) is 16.9. The van der Waals surface area contributed by atoms with Crippen LogP contribution in [0, 0.1) is 0 Å². The number of hydrogen-bond acceptors (Lipinski definition) is 2. The van der Waals surface area contributed by atoms with Crippen LogP contribution in [0.5, 0.6) is 0 Å². The van der Waals surface area contributed by atoms with E-state index in [1.54, 1.807) is 35.1 Å². The fourth-order valence-electron chi connectivity index (χ4n) is 2.01. The van der Waals surface area contributed by atoms with Gasteiger partial charge in [0.15, 0.2) is 0 Å². The minimum Gasteiger partial charge on any atom is -0.305 e. The molecule has 0 saturated carbocycles. The van der Waals surface area contributed by atoms with Crippen LogP contribution < -0.4 is 10.7 Å². The molecule has 0 unspecified atom stereocenters. The van der Waals surface area contributed by atoms with Crippen LogP contribution in [0.3, 0.4) is 0 Å². The number of nitrogens with one attached hydrogen (secondary N) is 1. The Labute approximate surface area is 148 Å². The van der Waals surface area contributed by atoms with Gasteiger partial charge in [-0.2, -0.15) is 10.1 Å². The molecule has 24 heavy (non-hydrogen) atoms. The van der Waals surface area contributed by atoms with Crippen molar-refractivity contribution in [1.29, 1.82) is 0 Å². The number of rotatable bonds is 2. The van der Waals surface area contributed by atoms with Gasteiger partial charge in [0.2, 0.25) is 0 Å². The molecule has 7 heteroatoms. The van der Waals surface area contributed by atoms with Gasteiger partial charge in [0.25, 0.3) is 0 Å². The molecule has 0 spiro atoms. The number of urea groups is 1. The van der Waals surface area contributed by atoms with Gasteiger partial charge in [0.05, 0.1) is 33.0 Å². The second kappa shape index (κ2) is 7.29. The van der Waals surface area contributed by atoms with Crippen molar-refractivity contribution in [3.8, 4) is 5.69 Å². The van der Waals surface area contributed by atoms with Gasteiger partial charge in [-0.25, -0.2) is 9.48 Å². The highest BCUT2D eigenvalue weighted by Gasteiger charge is 2.07. The number of hydrogen-bond donors (Lipinski definition) is 1. The molecule has 0 saturated heterocycles. The predicted octanol–water partition coefficient (Wildman–Crippen LogP) is 4.31.